The first kappa shape index (κ1) is 18.7. The van der Waals surface area contributed by atoms with Gasteiger partial charge in [0.05, 0.1) is 13.7 Å². The number of rotatable bonds is 6. The summed E-state index contributed by atoms with van der Waals surface area (Å²) in [7, 11) is 1.67. The molecule has 0 N–H and O–H groups in total. The van der Waals surface area contributed by atoms with Gasteiger partial charge in [0.2, 0.25) is 0 Å². The van der Waals surface area contributed by atoms with Crippen LogP contribution in [-0.2, 0) is 6.54 Å². The third kappa shape index (κ3) is 4.37. The summed E-state index contributed by atoms with van der Waals surface area (Å²) in [4.78, 5) is 15.1. The van der Waals surface area contributed by atoms with E-state index in [1.165, 1.54) is 0 Å². The fourth-order valence-electron chi connectivity index (χ4n) is 3.13. The normalized spacial score (nSPS) is 10.7. The summed E-state index contributed by atoms with van der Waals surface area (Å²) < 4.78 is 5.60. The number of benzene rings is 3. The number of ether oxygens (including phenoxy) is 1. The van der Waals surface area contributed by atoms with Gasteiger partial charge in [0.15, 0.2) is 0 Å². The number of carbonyl (C=O) groups is 1. The van der Waals surface area contributed by atoms with Gasteiger partial charge in [-0.05, 0) is 35.2 Å². The Bertz CT molecular complexity index is 889. The van der Waals surface area contributed by atoms with E-state index >= 15 is 0 Å². The minimum atomic E-state index is -0.0289. The first-order valence-electron chi connectivity index (χ1n) is 9.19. The predicted molar refractivity (Wildman–Crippen MR) is 110 cm³/mol. The van der Waals surface area contributed by atoms with E-state index in [2.05, 4.69) is 19.9 Å². The smallest absolute Gasteiger partial charge is 0.258 e. The number of anilines is 1. The van der Waals surface area contributed by atoms with Crippen molar-refractivity contribution in [2.45, 2.75) is 26.3 Å². The molecule has 3 aromatic carbocycles. The molecule has 0 heterocycles. The molecule has 0 aliphatic rings. The molecule has 3 nitrogen and oxygen atoms in total. The van der Waals surface area contributed by atoms with Gasteiger partial charge in [0.1, 0.15) is 5.75 Å². The van der Waals surface area contributed by atoms with E-state index < -0.39 is 0 Å². The van der Waals surface area contributed by atoms with Gasteiger partial charge in [-0.2, -0.15) is 0 Å². The maximum Gasteiger partial charge on any atom is 0.258 e. The molecule has 0 aliphatic heterocycles. The summed E-state index contributed by atoms with van der Waals surface area (Å²) in [6.07, 6.45) is 0. The van der Waals surface area contributed by atoms with Crippen LogP contribution in [0, 0.1) is 0 Å². The van der Waals surface area contributed by atoms with Crippen LogP contribution in [0.2, 0.25) is 0 Å². The Hall–Kier alpha value is -3.07. The van der Waals surface area contributed by atoms with Crippen LogP contribution >= 0.6 is 0 Å². The monoisotopic (exact) mass is 359 g/mol. The van der Waals surface area contributed by atoms with Gasteiger partial charge in [-0.1, -0.05) is 68.4 Å². The quantitative estimate of drug-likeness (QED) is 0.568. The largest absolute Gasteiger partial charge is 0.496 e. The van der Waals surface area contributed by atoms with E-state index in [0.717, 1.165) is 22.6 Å². The first-order valence-corrected chi connectivity index (χ1v) is 9.19. The molecule has 1 amide bonds. The number of amides is 1. The summed E-state index contributed by atoms with van der Waals surface area (Å²) in [5.74, 6) is 1.13. The zero-order valence-electron chi connectivity index (χ0n) is 16.1. The van der Waals surface area contributed by atoms with Crippen molar-refractivity contribution in [3.63, 3.8) is 0 Å². The van der Waals surface area contributed by atoms with Gasteiger partial charge in [0.25, 0.3) is 5.91 Å². The lowest BCUT2D eigenvalue weighted by atomic mass is 10.0. The minimum Gasteiger partial charge on any atom is -0.496 e. The zero-order chi connectivity index (χ0) is 19.2. The zero-order valence-corrected chi connectivity index (χ0v) is 16.1. The van der Waals surface area contributed by atoms with Crippen LogP contribution in [0.15, 0.2) is 78.9 Å². The molecule has 0 bridgehead atoms. The van der Waals surface area contributed by atoms with Crippen molar-refractivity contribution in [2.75, 3.05) is 12.0 Å². The topological polar surface area (TPSA) is 29.5 Å². The Kier molecular flexibility index (Phi) is 5.92. The van der Waals surface area contributed by atoms with Gasteiger partial charge in [-0.25, -0.2) is 0 Å². The van der Waals surface area contributed by atoms with E-state index in [1.54, 1.807) is 12.0 Å². The average molecular weight is 359 g/mol. The minimum absolute atomic E-state index is 0.0289. The van der Waals surface area contributed by atoms with Crippen molar-refractivity contribution < 1.29 is 9.53 Å². The van der Waals surface area contributed by atoms with Crippen LogP contribution < -0.4 is 9.64 Å². The van der Waals surface area contributed by atoms with Gasteiger partial charge in [0, 0.05) is 17.3 Å². The summed E-state index contributed by atoms with van der Waals surface area (Å²) in [6.45, 7) is 4.77. The second-order valence-electron chi connectivity index (χ2n) is 6.82. The molecule has 3 rings (SSSR count). The number of hydrogen-bond acceptors (Lipinski definition) is 2. The molecule has 0 aliphatic carbocycles. The molecular weight excluding hydrogens is 334 g/mol. The van der Waals surface area contributed by atoms with Gasteiger partial charge < -0.3 is 9.64 Å². The highest BCUT2D eigenvalue weighted by molar-refractivity contribution is 6.06. The maximum atomic E-state index is 13.3. The van der Waals surface area contributed by atoms with Crippen molar-refractivity contribution in [2.24, 2.45) is 0 Å². The predicted octanol–water partition coefficient (Wildman–Crippen LogP) is 5.67. The van der Waals surface area contributed by atoms with Crippen LogP contribution in [0.25, 0.3) is 0 Å². The van der Waals surface area contributed by atoms with Crippen LogP contribution in [-0.4, -0.2) is 13.0 Å². The van der Waals surface area contributed by atoms with Crippen molar-refractivity contribution in [1.82, 2.24) is 0 Å². The molecule has 27 heavy (non-hydrogen) atoms. The van der Waals surface area contributed by atoms with Crippen molar-refractivity contribution in [3.05, 3.63) is 95.6 Å². The van der Waals surface area contributed by atoms with Crippen LogP contribution in [0.4, 0.5) is 5.69 Å². The SMILES string of the molecule is COc1cc(N(Cc2ccccc2)C(=O)c2ccccc2)ccc1C(C)C. The van der Waals surface area contributed by atoms with E-state index in [1.807, 2.05) is 72.8 Å². The van der Waals surface area contributed by atoms with E-state index in [0.29, 0.717) is 18.0 Å². The molecule has 0 atom stereocenters. The fraction of sp³-hybridized carbons (Fsp3) is 0.208. The average Bonchev–Trinajstić information content (AvgIpc) is 2.72. The fourth-order valence-corrected chi connectivity index (χ4v) is 3.13. The Morgan fingerprint density at radius 1 is 0.926 bits per heavy atom. The molecule has 0 aromatic heterocycles. The summed E-state index contributed by atoms with van der Waals surface area (Å²) in [5, 5.41) is 0. The van der Waals surface area contributed by atoms with E-state index in [-0.39, 0.29) is 5.91 Å². The summed E-state index contributed by atoms with van der Waals surface area (Å²) in [6, 6.07) is 25.4. The first-order chi connectivity index (χ1) is 13.1. The highest BCUT2D eigenvalue weighted by atomic mass is 16.5. The highest BCUT2D eigenvalue weighted by Crippen LogP contribution is 2.32. The highest BCUT2D eigenvalue weighted by Gasteiger charge is 2.20. The Morgan fingerprint density at radius 2 is 1.56 bits per heavy atom. The van der Waals surface area contributed by atoms with Crippen LogP contribution in [0.1, 0.15) is 41.3 Å². The molecule has 0 fully saturated rings. The standard InChI is InChI=1S/C24H25NO2/c1-18(2)22-15-14-21(16-23(22)27-3)25(17-19-10-6-4-7-11-19)24(26)20-12-8-5-9-13-20/h4-16,18H,17H2,1-3H3. The molecule has 0 spiro atoms. The lowest BCUT2D eigenvalue weighted by molar-refractivity contribution is 0.0985. The lowest BCUT2D eigenvalue weighted by Gasteiger charge is -2.25. The Balaban J connectivity index is 2.02. The molecular formula is C24H25NO2. The number of hydrogen-bond donors (Lipinski definition) is 0. The second-order valence-corrected chi connectivity index (χ2v) is 6.82. The van der Waals surface area contributed by atoms with Crippen molar-refractivity contribution in [3.8, 4) is 5.75 Å². The lowest BCUT2D eigenvalue weighted by Crippen LogP contribution is -2.30. The number of methoxy groups -OCH3 is 1. The third-order valence-electron chi connectivity index (χ3n) is 4.60. The molecule has 138 valence electrons. The Labute approximate surface area is 161 Å². The molecule has 3 aromatic rings. The van der Waals surface area contributed by atoms with E-state index in [9.17, 15) is 4.79 Å². The maximum absolute atomic E-state index is 13.3. The summed E-state index contributed by atoms with van der Waals surface area (Å²) >= 11 is 0. The van der Waals surface area contributed by atoms with Crippen molar-refractivity contribution in [1.29, 1.82) is 0 Å². The molecule has 0 unspecified atom stereocenters. The third-order valence-corrected chi connectivity index (χ3v) is 4.60. The van der Waals surface area contributed by atoms with E-state index in [4.69, 9.17) is 4.74 Å². The van der Waals surface area contributed by atoms with Gasteiger partial charge in [-0.15, -0.1) is 0 Å². The van der Waals surface area contributed by atoms with Gasteiger partial charge >= 0.3 is 0 Å². The summed E-state index contributed by atoms with van der Waals surface area (Å²) in [5.41, 5.74) is 3.70. The molecule has 0 radical (unpaired) electrons. The van der Waals surface area contributed by atoms with Crippen molar-refractivity contribution >= 4 is 11.6 Å². The second kappa shape index (κ2) is 8.54. The van der Waals surface area contributed by atoms with Crippen LogP contribution in [0.5, 0.6) is 5.75 Å². The van der Waals surface area contributed by atoms with Gasteiger partial charge in [-0.3, -0.25) is 4.79 Å². The van der Waals surface area contributed by atoms with Crippen LogP contribution in [0.3, 0.4) is 0 Å². The number of nitrogens with zero attached hydrogens (tertiary/aromatic N) is 1. The molecule has 0 saturated heterocycles. The number of carbonyl (C=O) groups excluding carboxylic acids is 1. The Morgan fingerprint density at radius 3 is 2.15 bits per heavy atom. The molecule has 0 saturated carbocycles. The molecule has 3 heteroatoms.